The number of aromatic nitrogens is 4. The van der Waals surface area contributed by atoms with Crippen molar-refractivity contribution in [2.45, 2.75) is 46.1 Å². The zero-order chi connectivity index (χ0) is 32.6. The Morgan fingerprint density at radius 3 is 2.64 bits per heavy atom. The van der Waals surface area contributed by atoms with Crippen LogP contribution in [0, 0.1) is 5.82 Å². The van der Waals surface area contributed by atoms with E-state index in [0.717, 1.165) is 11.3 Å². The molecule has 0 unspecified atom stereocenters. The first-order valence-corrected chi connectivity index (χ1v) is 15.6. The first-order chi connectivity index (χ1) is 21.5. The van der Waals surface area contributed by atoms with E-state index in [4.69, 9.17) is 16.6 Å². The summed E-state index contributed by atoms with van der Waals surface area (Å²) in [6.45, 7) is 13.3. The number of hydrogen-bond donors (Lipinski definition) is 0. The fourth-order valence-electron chi connectivity index (χ4n) is 5.97. The van der Waals surface area contributed by atoms with Gasteiger partial charge in [0.15, 0.2) is 5.65 Å². The van der Waals surface area contributed by atoms with Crippen LogP contribution in [0.4, 0.5) is 10.2 Å². The fourth-order valence-corrected chi connectivity index (χ4v) is 6.22. The van der Waals surface area contributed by atoms with Crippen molar-refractivity contribution in [2.24, 2.45) is 0 Å². The van der Waals surface area contributed by atoms with Crippen molar-refractivity contribution < 1.29 is 9.18 Å². The van der Waals surface area contributed by atoms with Gasteiger partial charge < -0.3 is 9.80 Å². The van der Waals surface area contributed by atoms with Gasteiger partial charge in [0.2, 0.25) is 5.91 Å². The summed E-state index contributed by atoms with van der Waals surface area (Å²) in [4.78, 5) is 45.3. The van der Waals surface area contributed by atoms with Gasteiger partial charge in [-0.15, -0.1) is 5.98 Å². The standard InChI is InChI=1S/C33H36B2ClFN6O2/c1-6-20-9-8-10-25(37)26(20)28-24(36)15-22-30(42-14-13-41(17-19(42)5)32(44)23(35)16-34)40-33(45)43(31(22)39-28)29-21(7-2)11-12-38-27(29)18(3)4/h6,8-12,15-16,18-19H,1,7,13-14,17,34-35H2,2-5H3/b23-16-/t19-/m0/s1. The van der Waals surface area contributed by atoms with Gasteiger partial charge >= 0.3 is 5.69 Å². The minimum atomic E-state index is -0.532. The number of fused-ring (bicyclic) bond motifs is 1. The molecular formula is C33H36B2ClFN6O2. The molecule has 8 nitrogen and oxygen atoms in total. The summed E-state index contributed by atoms with van der Waals surface area (Å²) in [5, 5.41) is 0.747. The van der Waals surface area contributed by atoms with Crippen LogP contribution >= 0.6 is 11.6 Å². The molecule has 0 N–H and O–H groups in total. The number of pyridine rings is 2. The summed E-state index contributed by atoms with van der Waals surface area (Å²) >= 11 is 6.91. The van der Waals surface area contributed by atoms with Crippen molar-refractivity contribution >= 4 is 56.1 Å². The molecule has 4 aromatic rings. The molecule has 230 valence electrons. The number of carbonyl (C=O) groups excluding carboxylic acids is 1. The van der Waals surface area contributed by atoms with Gasteiger partial charge in [-0.05, 0) is 54.1 Å². The van der Waals surface area contributed by atoms with Crippen LogP contribution in [0.1, 0.15) is 50.4 Å². The van der Waals surface area contributed by atoms with E-state index < -0.39 is 11.5 Å². The van der Waals surface area contributed by atoms with Crippen LogP contribution in [0.25, 0.3) is 34.1 Å². The maximum Gasteiger partial charge on any atom is 0.355 e. The van der Waals surface area contributed by atoms with Gasteiger partial charge in [-0.1, -0.05) is 57.2 Å². The Hall–Kier alpha value is -4.24. The Kier molecular flexibility index (Phi) is 9.30. The molecule has 3 aromatic heterocycles. The Morgan fingerprint density at radius 1 is 1.24 bits per heavy atom. The maximum absolute atomic E-state index is 15.4. The Balaban J connectivity index is 1.82. The van der Waals surface area contributed by atoms with Crippen LogP contribution in [-0.4, -0.2) is 71.7 Å². The van der Waals surface area contributed by atoms with Crippen LogP contribution in [0.3, 0.4) is 0 Å². The molecule has 1 saturated heterocycles. The molecule has 45 heavy (non-hydrogen) atoms. The molecule has 0 aliphatic carbocycles. The largest absolute Gasteiger partial charge is 0.355 e. The second-order valence-corrected chi connectivity index (χ2v) is 12.0. The highest BCUT2D eigenvalue weighted by atomic mass is 35.5. The third-order valence-electron chi connectivity index (χ3n) is 8.45. The number of carbonyl (C=O) groups is 1. The molecule has 1 fully saturated rings. The van der Waals surface area contributed by atoms with Crippen LogP contribution in [-0.2, 0) is 11.2 Å². The zero-order valence-corrected chi connectivity index (χ0v) is 27.3. The van der Waals surface area contributed by atoms with E-state index in [1.165, 1.54) is 10.6 Å². The number of aryl methyl sites for hydroxylation is 1. The molecular weight excluding hydrogens is 588 g/mol. The van der Waals surface area contributed by atoms with Gasteiger partial charge in [-0.25, -0.2) is 18.7 Å². The van der Waals surface area contributed by atoms with Gasteiger partial charge in [0.25, 0.3) is 0 Å². The third kappa shape index (κ3) is 5.81. The van der Waals surface area contributed by atoms with E-state index in [2.05, 4.69) is 16.5 Å². The quantitative estimate of drug-likeness (QED) is 0.228. The number of rotatable bonds is 7. The summed E-state index contributed by atoms with van der Waals surface area (Å²) in [5.74, 6) is 1.69. The van der Waals surface area contributed by atoms with Gasteiger partial charge in [-0.3, -0.25) is 9.78 Å². The lowest BCUT2D eigenvalue weighted by Crippen LogP contribution is -2.54. The molecule has 0 spiro atoms. The summed E-state index contributed by atoms with van der Waals surface area (Å²) in [6.07, 6.45) is 3.94. The number of benzene rings is 1. The van der Waals surface area contributed by atoms with E-state index >= 15 is 4.39 Å². The molecule has 1 aliphatic heterocycles. The van der Waals surface area contributed by atoms with Crippen LogP contribution in [0.15, 0.2) is 59.3 Å². The molecule has 0 saturated carbocycles. The zero-order valence-electron chi connectivity index (χ0n) is 26.6. The van der Waals surface area contributed by atoms with E-state index in [9.17, 15) is 9.59 Å². The van der Waals surface area contributed by atoms with Gasteiger partial charge in [-0.2, -0.15) is 4.98 Å². The van der Waals surface area contributed by atoms with Crippen LogP contribution in [0.2, 0.25) is 5.02 Å². The topological polar surface area (TPSA) is 84.2 Å². The molecule has 1 atom stereocenters. The second kappa shape index (κ2) is 13.0. The predicted octanol–water partition coefficient (Wildman–Crippen LogP) is 4.11. The van der Waals surface area contributed by atoms with Crippen molar-refractivity contribution in [3.63, 3.8) is 0 Å². The van der Waals surface area contributed by atoms with Gasteiger partial charge in [0.05, 0.1) is 27.5 Å². The smallest absolute Gasteiger partial charge is 0.350 e. The van der Waals surface area contributed by atoms with E-state index in [1.807, 2.05) is 51.4 Å². The normalized spacial score (nSPS) is 15.6. The highest BCUT2D eigenvalue weighted by Crippen LogP contribution is 2.38. The molecule has 0 bridgehead atoms. The monoisotopic (exact) mass is 624 g/mol. The third-order valence-corrected chi connectivity index (χ3v) is 8.74. The molecule has 1 aromatic carbocycles. The lowest BCUT2D eigenvalue weighted by atomic mass is 9.88. The lowest BCUT2D eigenvalue weighted by Gasteiger charge is -2.41. The first kappa shape index (κ1) is 32.2. The molecule has 12 heteroatoms. The lowest BCUT2D eigenvalue weighted by molar-refractivity contribution is -0.127. The van der Waals surface area contributed by atoms with Crippen molar-refractivity contribution in [1.82, 2.24) is 24.4 Å². The summed E-state index contributed by atoms with van der Waals surface area (Å²) in [5.41, 5.74) is 3.61. The van der Waals surface area contributed by atoms with E-state index in [-0.39, 0.29) is 34.1 Å². The number of piperazine rings is 1. The Morgan fingerprint density at radius 2 is 2.00 bits per heavy atom. The second-order valence-electron chi connectivity index (χ2n) is 11.6. The number of halogens is 2. The van der Waals surface area contributed by atoms with E-state index in [1.54, 1.807) is 44.3 Å². The molecule has 1 amide bonds. The summed E-state index contributed by atoms with van der Waals surface area (Å²) in [6, 6.07) is 8.13. The number of anilines is 1. The molecule has 5 rings (SSSR count). The highest BCUT2D eigenvalue weighted by Gasteiger charge is 2.31. The number of amides is 1. The number of nitrogens with zero attached hydrogens (tertiary/aromatic N) is 6. The average Bonchev–Trinajstić information content (AvgIpc) is 3.03. The first-order valence-electron chi connectivity index (χ1n) is 15.2. The predicted molar refractivity (Wildman–Crippen MR) is 185 cm³/mol. The Labute approximate surface area is 269 Å². The fraction of sp³-hybridized carbons (Fsp3) is 0.303. The minimum Gasteiger partial charge on any atom is -0.350 e. The van der Waals surface area contributed by atoms with Crippen molar-refractivity contribution in [2.75, 3.05) is 24.5 Å². The number of hydrogen-bond acceptors (Lipinski definition) is 6. The summed E-state index contributed by atoms with van der Waals surface area (Å²) in [7, 11) is 3.65. The van der Waals surface area contributed by atoms with Gasteiger partial charge in [0.1, 0.15) is 27.3 Å². The van der Waals surface area contributed by atoms with Crippen molar-refractivity contribution in [1.29, 1.82) is 0 Å². The molecule has 4 heterocycles. The minimum absolute atomic E-state index is 0.00917. The average molecular weight is 625 g/mol. The van der Waals surface area contributed by atoms with Crippen LogP contribution < -0.4 is 10.6 Å². The van der Waals surface area contributed by atoms with Crippen molar-refractivity contribution in [3.05, 3.63) is 92.7 Å². The Bertz CT molecular complexity index is 1910. The van der Waals surface area contributed by atoms with E-state index in [0.29, 0.717) is 59.6 Å². The van der Waals surface area contributed by atoms with Crippen LogP contribution in [0.5, 0.6) is 0 Å². The molecule has 1 aliphatic rings. The summed E-state index contributed by atoms with van der Waals surface area (Å²) < 4.78 is 16.9. The SMILES string of the molecule is B/C=C(\B)C(=O)N1CCN(c2nc(=O)n(-c3c(CC)ccnc3C(C)C)c3nc(-c4c(F)cccc4C=C)c(Cl)cc23)[C@@H](C)C1. The van der Waals surface area contributed by atoms with Gasteiger partial charge in [0, 0.05) is 37.4 Å². The highest BCUT2D eigenvalue weighted by molar-refractivity contribution is 6.40. The van der Waals surface area contributed by atoms with Crippen molar-refractivity contribution in [3.8, 4) is 16.9 Å². The maximum atomic E-state index is 15.4. The molecule has 0 radical (unpaired) electrons.